The molecule has 0 aromatic heterocycles. The number of hydrogen-bond donors (Lipinski definition) is 0. The van der Waals surface area contributed by atoms with Gasteiger partial charge in [-0.1, -0.05) is 214 Å². The topological polar surface area (TPSA) is 78.9 Å². The second-order valence-corrected chi connectivity index (χ2v) is 17.2. The van der Waals surface area contributed by atoms with Crippen molar-refractivity contribution < 1.29 is 28.6 Å². The van der Waals surface area contributed by atoms with Crippen LogP contribution in [-0.4, -0.2) is 37.2 Å². The van der Waals surface area contributed by atoms with Crippen LogP contribution in [-0.2, 0) is 28.6 Å². The molecule has 0 aromatic rings. The standard InChI is InChI=1S/C58H96O6/c1-4-7-10-13-16-19-22-25-27-29-31-33-36-39-42-45-48-51-57(60)63-54-55(53-62-56(59)50-47-44-41-38-35-32-24-21-18-15-12-9-6-3)64-58(61)52-49-46-43-40-37-34-30-28-26-23-20-17-14-11-8-5-2/h9,12,15-16,18-19,21,24-25,27-28,30,32,34-35,37,55H,4-8,10-11,13-14,17,20,22-23,26,29,31,33,36,38-54H2,1-3H3/b12-9-,18-15-,19-16-,24-21-,27-25-,30-28-,35-32-,37-34-. The first-order valence-corrected chi connectivity index (χ1v) is 26.3. The van der Waals surface area contributed by atoms with Gasteiger partial charge in [0.1, 0.15) is 13.2 Å². The van der Waals surface area contributed by atoms with Crippen molar-refractivity contribution >= 4 is 17.9 Å². The molecule has 1 atom stereocenters. The van der Waals surface area contributed by atoms with Crippen LogP contribution in [0.5, 0.6) is 0 Å². The summed E-state index contributed by atoms with van der Waals surface area (Å²) in [5, 5.41) is 0. The summed E-state index contributed by atoms with van der Waals surface area (Å²) in [6, 6.07) is 0. The lowest BCUT2D eigenvalue weighted by Crippen LogP contribution is -2.30. The van der Waals surface area contributed by atoms with Crippen LogP contribution in [0, 0.1) is 0 Å². The molecule has 64 heavy (non-hydrogen) atoms. The largest absolute Gasteiger partial charge is 0.462 e. The van der Waals surface area contributed by atoms with Crippen molar-refractivity contribution in [3.8, 4) is 0 Å². The zero-order chi connectivity index (χ0) is 46.5. The number of allylic oxidation sites excluding steroid dienone is 16. The van der Waals surface area contributed by atoms with Gasteiger partial charge in [-0.25, -0.2) is 0 Å². The van der Waals surface area contributed by atoms with Gasteiger partial charge in [0.05, 0.1) is 0 Å². The van der Waals surface area contributed by atoms with E-state index >= 15 is 0 Å². The molecule has 0 aromatic carbocycles. The lowest BCUT2D eigenvalue weighted by molar-refractivity contribution is -0.167. The maximum atomic E-state index is 12.8. The first-order chi connectivity index (χ1) is 31.5. The minimum atomic E-state index is -0.811. The van der Waals surface area contributed by atoms with Crippen molar-refractivity contribution in [1.82, 2.24) is 0 Å². The van der Waals surface area contributed by atoms with E-state index in [9.17, 15) is 14.4 Å². The summed E-state index contributed by atoms with van der Waals surface area (Å²) in [7, 11) is 0. The highest BCUT2D eigenvalue weighted by atomic mass is 16.6. The van der Waals surface area contributed by atoms with Gasteiger partial charge in [-0.15, -0.1) is 0 Å². The summed E-state index contributed by atoms with van der Waals surface area (Å²) in [5.41, 5.74) is 0. The van der Waals surface area contributed by atoms with Gasteiger partial charge in [0, 0.05) is 19.3 Å². The van der Waals surface area contributed by atoms with E-state index < -0.39 is 6.10 Å². The Morgan fingerprint density at radius 3 is 1.14 bits per heavy atom. The normalized spacial score (nSPS) is 12.9. The van der Waals surface area contributed by atoms with Gasteiger partial charge in [0.2, 0.25) is 0 Å². The van der Waals surface area contributed by atoms with Gasteiger partial charge < -0.3 is 14.2 Å². The van der Waals surface area contributed by atoms with Crippen LogP contribution >= 0.6 is 0 Å². The molecule has 0 N–H and O–H groups in total. The summed E-state index contributed by atoms with van der Waals surface area (Å²) in [6.07, 6.45) is 68.2. The molecule has 0 amide bonds. The lowest BCUT2D eigenvalue weighted by Gasteiger charge is -2.18. The van der Waals surface area contributed by atoms with Crippen LogP contribution in [0.1, 0.15) is 233 Å². The molecular formula is C58H96O6. The van der Waals surface area contributed by atoms with E-state index in [0.29, 0.717) is 12.8 Å². The third-order valence-electron chi connectivity index (χ3n) is 10.9. The third-order valence-corrected chi connectivity index (χ3v) is 10.9. The summed E-state index contributed by atoms with van der Waals surface area (Å²) in [5.74, 6) is -0.983. The van der Waals surface area contributed by atoms with E-state index in [1.54, 1.807) is 0 Å². The number of carbonyl (C=O) groups excluding carboxylic acids is 3. The summed E-state index contributed by atoms with van der Waals surface area (Å²) >= 11 is 0. The number of unbranched alkanes of at least 4 members (excludes halogenated alkanes) is 23. The number of rotatable bonds is 46. The Morgan fingerprint density at radius 2 is 0.672 bits per heavy atom. The molecule has 6 nitrogen and oxygen atoms in total. The molecule has 0 aliphatic carbocycles. The molecule has 0 saturated carbocycles. The van der Waals surface area contributed by atoms with E-state index in [0.717, 1.165) is 96.3 Å². The predicted molar refractivity (Wildman–Crippen MR) is 274 cm³/mol. The summed E-state index contributed by atoms with van der Waals surface area (Å²) < 4.78 is 16.7. The Bertz CT molecular complexity index is 1300. The first kappa shape index (κ1) is 60.3. The molecule has 0 saturated heterocycles. The molecule has 0 bridgehead atoms. The molecule has 364 valence electrons. The minimum absolute atomic E-state index is 0.106. The first-order valence-electron chi connectivity index (χ1n) is 26.3. The van der Waals surface area contributed by atoms with Crippen molar-refractivity contribution in [2.75, 3.05) is 13.2 Å². The van der Waals surface area contributed by atoms with E-state index in [-0.39, 0.29) is 37.5 Å². The van der Waals surface area contributed by atoms with Gasteiger partial charge in [0.25, 0.3) is 0 Å². The quantitative estimate of drug-likeness (QED) is 0.0199. The van der Waals surface area contributed by atoms with Crippen molar-refractivity contribution in [1.29, 1.82) is 0 Å². The van der Waals surface area contributed by atoms with Gasteiger partial charge in [-0.05, 0) is 96.3 Å². The van der Waals surface area contributed by atoms with Crippen LogP contribution in [0.2, 0.25) is 0 Å². The number of esters is 3. The molecule has 0 rings (SSSR count). The van der Waals surface area contributed by atoms with Gasteiger partial charge in [-0.2, -0.15) is 0 Å². The Labute approximate surface area is 394 Å². The smallest absolute Gasteiger partial charge is 0.306 e. The van der Waals surface area contributed by atoms with Crippen molar-refractivity contribution in [3.05, 3.63) is 97.2 Å². The average molecular weight is 889 g/mol. The average Bonchev–Trinajstić information content (AvgIpc) is 3.29. The molecule has 0 aliphatic heterocycles. The minimum Gasteiger partial charge on any atom is -0.462 e. The van der Waals surface area contributed by atoms with E-state index in [2.05, 4.69) is 81.5 Å². The molecule has 0 fully saturated rings. The predicted octanol–water partition coefficient (Wildman–Crippen LogP) is 17.4. The molecule has 0 aliphatic rings. The van der Waals surface area contributed by atoms with Crippen molar-refractivity contribution in [3.63, 3.8) is 0 Å². The Balaban J connectivity index is 4.50. The highest BCUT2D eigenvalue weighted by molar-refractivity contribution is 5.71. The van der Waals surface area contributed by atoms with Gasteiger partial charge in [-0.3, -0.25) is 14.4 Å². The second kappa shape index (κ2) is 52.0. The van der Waals surface area contributed by atoms with Crippen LogP contribution < -0.4 is 0 Å². The Kier molecular flexibility index (Phi) is 49.0. The maximum absolute atomic E-state index is 12.8. The zero-order valence-corrected chi connectivity index (χ0v) is 41.5. The highest BCUT2D eigenvalue weighted by Gasteiger charge is 2.19. The number of carbonyl (C=O) groups is 3. The van der Waals surface area contributed by atoms with Crippen LogP contribution in [0.15, 0.2) is 97.2 Å². The van der Waals surface area contributed by atoms with Gasteiger partial charge in [0.15, 0.2) is 6.10 Å². The fourth-order valence-electron chi connectivity index (χ4n) is 6.94. The zero-order valence-electron chi connectivity index (χ0n) is 41.5. The highest BCUT2D eigenvalue weighted by Crippen LogP contribution is 2.13. The Hall–Kier alpha value is -3.67. The molecule has 0 heterocycles. The fourth-order valence-corrected chi connectivity index (χ4v) is 6.94. The number of hydrogen-bond acceptors (Lipinski definition) is 6. The van der Waals surface area contributed by atoms with E-state index in [4.69, 9.17) is 14.2 Å². The van der Waals surface area contributed by atoms with Crippen LogP contribution in [0.4, 0.5) is 0 Å². The summed E-state index contributed by atoms with van der Waals surface area (Å²) in [6.45, 7) is 6.40. The molecule has 1 unspecified atom stereocenters. The molecule has 6 heteroatoms. The third kappa shape index (κ3) is 49.3. The van der Waals surface area contributed by atoms with E-state index in [1.807, 2.05) is 36.5 Å². The maximum Gasteiger partial charge on any atom is 0.306 e. The van der Waals surface area contributed by atoms with E-state index in [1.165, 1.54) is 96.3 Å². The molecule has 0 radical (unpaired) electrons. The lowest BCUT2D eigenvalue weighted by atomic mass is 10.1. The fraction of sp³-hybridized carbons (Fsp3) is 0.672. The Morgan fingerprint density at radius 1 is 0.344 bits per heavy atom. The van der Waals surface area contributed by atoms with Gasteiger partial charge >= 0.3 is 17.9 Å². The van der Waals surface area contributed by atoms with Crippen LogP contribution in [0.3, 0.4) is 0 Å². The monoisotopic (exact) mass is 889 g/mol. The number of ether oxygens (including phenoxy) is 3. The molecule has 0 spiro atoms. The molecular weight excluding hydrogens is 793 g/mol. The van der Waals surface area contributed by atoms with Crippen molar-refractivity contribution in [2.45, 2.75) is 239 Å². The second-order valence-electron chi connectivity index (χ2n) is 17.2. The van der Waals surface area contributed by atoms with Crippen LogP contribution in [0.25, 0.3) is 0 Å². The SMILES string of the molecule is CC\C=C/C=C\C=C/C=C\CCCCCC(=O)OCC(COC(=O)CCCCCCCCC/C=C\C/C=C\CCCCC)OC(=O)CCCCC/C=C\C=C/CCCCCCCCC. The summed E-state index contributed by atoms with van der Waals surface area (Å²) in [4.78, 5) is 38.0. The van der Waals surface area contributed by atoms with Crippen molar-refractivity contribution in [2.24, 2.45) is 0 Å².